The van der Waals surface area contributed by atoms with E-state index in [9.17, 15) is 22.4 Å². The van der Waals surface area contributed by atoms with Gasteiger partial charge in [0.1, 0.15) is 31.1 Å². The van der Waals surface area contributed by atoms with Gasteiger partial charge in [-0.25, -0.2) is 14.2 Å². The lowest BCUT2D eigenvalue weighted by Gasteiger charge is -2.17. The van der Waals surface area contributed by atoms with Crippen LogP contribution in [-0.2, 0) is 43.5 Å². The minimum Gasteiger partial charge on any atom is -0.458 e. The van der Waals surface area contributed by atoms with Crippen LogP contribution in [0.1, 0.15) is 109 Å². The van der Waals surface area contributed by atoms with E-state index in [-0.39, 0.29) is 43.2 Å². The fraction of sp³-hybridized carbons (Fsp3) is 0.618. The van der Waals surface area contributed by atoms with Gasteiger partial charge in [0.25, 0.3) is 16.0 Å². The Morgan fingerprint density at radius 2 is 1.73 bits per heavy atom. The first-order valence-corrected chi connectivity index (χ1v) is 18.9. The van der Waals surface area contributed by atoms with Gasteiger partial charge in [-0.3, -0.25) is 18.2 Å². The largest absolute Gasteiger partial charge is 0.458 e. The summed E-state index contributed by atoms with van der Waals surface area (Å²) >= 11 is 0. The quantitative estimate of drug-likeness (QED) is 0.132. The molecule has 5 rings (SSSR count). The summed E-state index contributed by atoms with van der Waals surface area (Å²) in [7, 11) is -2.34. The zero-order valence-corrected chi connectivity index (χ0v) is 29.0. The summed E-state index contributed by atoms with van der Waals surface area (Å²) in [6, 6.07) is 3.81. The molecule has 1 aliphatic heterocycles. The molecule has 1 aromatic carbocycles. The van der Waals surface area contributed by atoms with Crippen LogP contribution in [0.4, 0.5) is 4.39 Å². The highest BCUT2D eigenvalue weighted by Gasteiger charge is 2.29. The SMILES string of the molecule is CN1Cc2c(C(=O)OCCOS(=O)(=O)CCCn3cc(COCC4CCCCCCCCCCC4)nn3)ncn2-c2ccc(F)cc2C1=O. The van der Waals surface area contributed by atoms with Crippen LogP contribution in [0.25, 0.3) is 5.69 Å². The summed E-state index contributed by atoms with van der Waals surface area (Å²) in [4.78, 5) is 31.1. The summed E-state index contributed by atoms with van der Waals surface area (Å²) < 4.78 is 58.1. The number of hydrogen-bond donors (Lipinski definition) is 0. The third kappa shape index (κ3) is 10.6. The average Bonchev–Trinajstić information content (AvgIpc) is 3.68. The van der Waals surface area contributed by atoms with Gasteiger partial charge in [-0.05, 0) is 43.4 Å². The number of fused-ring (bicyclic) bond motifs is 3. The lowest BCUT2D eigenvalue weighted by atomic mass is 9.93. The lowest BCUT2D eigenvalue weighted by molar-refractivity contribution is 0.0443. The van der Waals surface area contributed by atoms with Crippen molar-refractivity contribution in [2.45, 2.75) is 96.7 Å². The van der Waals surface area contributed by atoms with Crippen molar-refractivity contribution < 1.29 is 36.1 Å². The number of imidazole rings is 1. The van der Waals surface area contributed by atoms with E-state index in [4.69, 9.17) is 13.7 Å². The standard InChI is InChI=1S/C34H47FN6O7S/c1-39-22-31-32(36-25-41(31)30-15-14-27(35)20-29(30)33(39)42)34(43)47-17-18-48-49(44,45)19-11-16-40-21-28(37-38-40)24-46-23-26-12-9-7-5-3-2-4-6-8-10-13-26/h14-15,20-21,25-26H,2-13,16-19,22-24H2,1H3. The fourth-order valence-corrected chi connectivity index (χ4v) is 7.30. The Morgan fingerprint density at radius 1 is 1.02 bits per heavy atom. The van der Waals surface area contributed by atoms with Gasteiger partial charge < -0.3 is 14.4 Å². The van der Waals surface area contributed by atoms with Crippen molar-refractivity contribution >= 4 is 22.0 Å². The molecule has 0 N–H and O–H groups in total. The zero-order chi connectivity index (χ0) is 34.6. The number of esters is 1. The highest BCUT2D eigenvalue weighted by Crippen LogP contribution is 2.27. The van der Waals surface area contributed by atoms with Crippen molar-refractivity contribution in [3.8, 4) is 5.69 Å². The zero-order valence-electron chi connectivity index (χ0n) is 28.2. The van der Waals surface area contributed by atoms with Crippen LogP contribution < -0.4 is 0 Å². The molecule has 268 valence electrons. The molecule has 1 fully saturated rings. The summed E-state index contributed by atoms with van der Waals surface area (Å²) in [5.41, 5.74) is 1.59. The molecule has 49 heavy (non-hydrogen) atoms. The summed E-state index contributed by atoms with van der Waals surface area (Å²) in [6.45, 7) is 0.777. The Hall–Kier alpha value is -3.69. The topological polar surface area (TPSA) is 148 Å². The molecule has 15 heteroatoms. The van der Waals surface area contributed by atoms with E-state index in [0.717, 1.165) is 12.7 Å². The van der Waals surface area contributed by atoms with Crippen molar-refractivity contribution in [2.75, 3.05) is 32.6 Å². The van der Waals surface area contributed by atoms with Gasteiger partial charge in [0.15, 0.2) is 5.69 Å². The maximum absolute atomic E-state index is 13.8. The van der Waals surface area contributed by atoms with Crippen molar-refractivity contribution in [3.05, 3.63) is 59.2 Å². The number of aryl methyl sites for hydroxylation is 1. The Bertz CT molecular complexity index is 1650. The number of aromatic nitrogens is 5. The molecule has 2 aromatic heterocycles. The lowest BCUT2D eigenvalue weighted by Crippen LogP contribution is -2.26. The Morgan fingerprint density at radius 3 is 2.47 bits per heavy atom. The molecule has 0 radical (unpaired) electrons. The maximum atomic E-state index is 13.8. The second-order valence-electron chi connectivity index (χ2n) is 12.9. The molecule has 1 aliphatic carbocycles. The van der Waals surface area contributed by atoms with E-state index in [0.29, 0.717) is 36.1 Å². The molecule has 0 saturated heterocycles. The van der Waals surface area contributed by atoms with E-state index < -0.39 is 27.8 Å². The maximum Gasteiger partial charge on any atom is 0.358 e. The highest BCUT2D eigenvalue weighted by molar-refractivity contribution is 7.86. The molecular formula is C34H47FN6O7S. The van der Waals surface area contributed by atoms with E-state index in [1.165, 1.54) is 101 Å². The smallest absolute Gasteiger partial charge is 0.358 e. The average molecular weight is 703 g/mol. The van der Waals surface area contributed by atoms with Crippen LogP contribution in [-0.4, -0.2) is 82.4 Å². The predicted octanol–water partition coefficient (Wildman–Crippen LogP) is 5.22. The van der Waals surface area contributed by atoms with Crippen LogP contribution in [0.3, 0.4) is 0 Å². The van der Waals surface area contributed by atoms with Gasteiger partial charge in [-0.1, -0.05) is 63.0 Å². The van der Waals surface area contributed by atoms with Crippen molar-refractivity contribution in [1.29, 1.82) is 0 Å². The normalized spacial score (nSPS) is 16.7. The number of carbonyl (C=O) groups is 2. The van der Waals surface area contributed by atoms with Crippen molar-refractivity contribution in [2.24, 2.45) is 5.92 Å². The van der Waals surface area contributed by atoms with Crippen molar-refractivity contribution in [1.82, 2.24) is 29.4 Å². The van der Waals surface area contributed by atoms with E-state index in [1.54, 1.807) is 15.4 Å². The molecule has 3 heterocycles. The summed E-state index contributed by atoms with van der Waals surface area (Å²) in [5, 5.41) is 8.27. The number of ether oxygens (including phenoxy) is 2. The molecule has 1 amide bonds. The minimum atomic E-state index is -3.88. The first-order chi connectivity index (χ1) is 23.7. The molecular weight excluding hydrogens is 655 g/mol. The molecule has 0 bridgehead atoms. The number of hydrogen-bond acceptors (Lipinski definition) is 10. The summed E-state index contributed by atoms with van der Waals surface area (Å²) in [5.74, 6) is -1.43. The second-order valence-corrected chi connectivity index (χ2v) is 14.7. The number of carbonyl (C=O) groups excluding carboxylic acids is 2. The van der Waals surface area contributed by atoms with Crippen LogP contribution in [0.15, 0.2) is 30.7 Å². The number of halogens is 1. The van der Waals surface area contributed by atoms with Gasteiger partial charge in [-0.15, -0.1) is 5.10 Å². The van der Waals surface area contributed by atoms with Crippen molar-refractivity contribution in [3.63, 3.8) is 0 Å². The van der Waals surface area contributed by atoms with Crippen LogP contribution in [0.5, 0.6) is 0 Å². The van der Waals surface area contributed by atoms with Gasteiger partial charge in [0.05, 0.1) is 42.0 Å². The first kappa shape index (κ1) is 36.6. The highest BCUT2D eigenvalue weighted by atomic mass is 32.2. The Kier molecular flexibility index (Phi) is 13.3. The fourth-order valence-electron chi connectivity index (χ4n) is 6.38. The van der Waals surface area contributed by atoms with E-state index in [1.807, 2.05) is 0 Å². The second kappa shape index (κ2) is 17.8. The third-order valence-electron chi connectivity index (χ3n) is 9.02. The third-order valence-corrected chi connectivity index (χ3v) is 10.3. The summed E-state index contributed by atoms with van der Waals surface area (Å²) in [6.07, 6.45) is 17.7. The molecule has 1 saturated carbocycles. The Labute approximate surface area is 287 Å². The van der Waals surface area contributed by atoms with Gasteiger partial charge >= 0.3 is 5.97 Å². The molecule has 3 aromatic rings. The van der Waals surface area contributed by atoms with Gasteiger partial charge in [0.2, 0.25) is 0 Å². The van der Waals surface area contributed by atoms with Crippen LogP contribution in [0, 0.1) is 11.7 Å². The predicted molar refractivity (Wildman–Crippen MR) is 178 cm³/mol. The number of amides is 1. The Balaban J connectivity index is 1.00. The number of rotatable bonds is 13. The van der Waals surface area contributed by atoms with Gasteiger partial charge in [-0.2, -0.15) is 8.42 Å². The first-order valence-electron chi connectivity index (χ1n) is 17.3. The minimum absolute atomic E-state index is 0.0329. The van der Waals surface area contributed by atoms with Crippen LogP contribution >= 0.6 is 0 Å². The number of nitrogens with zero attached hydrogens (tertiary/aromatic N) is 6. The van der Waals surface area contributed by atoms with Crippen LogP contribution in [0.2, 0.25) is 0 Å². The molecule has 13 nitrogen and oxygen atoms in total. The molecule has 0 spiro atoms. The van der Waals surface area contributed by atoms with Gasteiger partial charge in [0, 0.05) is 20.2 Å². The van der Waals surface area contributed by atoms with E-state index >= 15 is 0 Å². The molecule has 0 atom stereocenters. The molecule has 2 aliphatic rings. The monoisotopic (exact) mass is 702 g/mol. The number of benzene rings is 1. The van der Waals surface area contributed by atoms with E-state index in [2.05, 4.69) is 15.3 Å². The molecule has 0 unspecified atom stereocenters.